The van der Waals surface area contributed by atoms with E-state index in [1.807, 2.05) is 18.2 Å². The maximum Gasteiger partial charge on any atom is 0.197 e. The fourth-order valence-corrected chi connectivity index (χ4v) is 1.31. The Bertz CT molecular complexity index is 437. The molecule has 0 atom stereocenters. The van der Waals surface area contributed by atoms with Crippen molar-refractivity contribution >= 4 is 16.8 Å². The number of methoxy groups -OCH3 is 1. The number of rotatable bonds is 3. The quantitative estimate of drug-likeness (QED) is 0.750. The first-order chi connectivity index (χ1) is 6.81. The molecule has 0 aliphatic heterocycles. The van der Waals surface area contributed by atoms with Gasteiger partial charge in [-0.05, 0) is 12.1 Å². The molecule has 0 saturated heterocycles. The Morgan fingerprint density at radius 1 is 1.50 bits per heavy atom. The van der Waals surface area contributed by atoms with Crippen molar-refractivity contribution in [3.05, 3.63) is 24.1 Å². The minimum atomic E-state index is 0.604. The van der Waals surface area contributed by atoms with Gasteiger partial charge in [-0.2, -0.15) is 0 Å². The molecule has 0 fully saturated rings. The van der Waals surface area contributed by atoms with Crippen molar-refractivity contribution in [1.82, 2.24) is 4.98 Å². The number of nitrogens with zero attached hydrogens (tertiary/aromatic N) is 1. The molecular weight excluding hydrogens is 180 g/mol. The van der Waals surface area contributed by atoms with E-state index in [1.54, 1.807) is 7.11 Å². The third-order valence-electron chi connectivity index (χ3n) is 2.01. The first-order valence-electron chi connectivity index (χ1n) is 4.44. The van der Waals surface area contributed by atoms with Gasteiger partial charge in [0.25, 0.3) is 0 Å². The largest absolute Gasteiger partial charge is 0.441 e. The lowest BCUT2D eigenvalue weighted by atomic mass is 10.3. The second-order valence-corrected chi connectivity index (χ2v) is 3.04. The number of oxazole rings is 1. The minimum absolute atomic E-state index is 0.604. The van der Waals surface area contributed by atoms with Gasteiger partial charge in [-0.15, -0.1) is 0 Å². The van der Waals surface area contributed by atoms with Gasteiger partial charge in [-0.3, -0.25) is 0 Å². The zero-order valence-corrected chi connectivity index (χ0v) is 7.99. The predicted molar refractivity (Wildman–Crippen MR) is 54.0 cm³/mol. The van der Waals surface area contributed by atoms with Gasteiger partial charge in [-0.25, -0.2) is 4.98 Å². The summed E-state index contributed by atoms with van der Waals surface area (Å²) >= 11 is 0. The Balaban J connectivity index is 2.36. The summed E-state index contributed by atoms with van der Waals surface area (Å²) in [5.41, 5.74) is 7.86. The van der Waals surface area contributed by atoms with E-state index in [4.69, 9.17) is 14.9 Å². The molecule has 0 bridgehead atoms. The van der Waals surface area contributed by atoms with E-state index in [0.717, 1.165) is 11.1 Å². The van der Waals surface area contributed by atoms with Crippen LogP contribution in [0.1, 0.15) is 5.89 Å². The Morgan fingerprint density at radius 3 is 3.07 bits per heavy atom. The number of aromatic nitrogens is 1. The molecule has 74 valence electrons. The SMILES string of the molecule is COCCc1nc2c(N)cccc2o1. The smallest absolute Gasteiger partial charge is 0.197 e. The Kier molecular flexibility index (Phi) is 2.37. The maximum atomic E-state index is 5.74. The molecule has 2 rings (SSSR count). The first-order valence-corrected chi connectivity index (χ1v) is 4.44. The zero-order chi connectivity index (χ0) is 9.97. The second kappa shape index (κ2) is 3.67. The van der Waals surface area contributed by atoms with Gasteiger partial charge in [0.2, 0.25) is 0 Å². The average molecular weight is 192 g/mol. The van der Waals surface area contributed by atoms with Crippen LogP contribution in [0.4, 0.5) is 5.69 Å². The normalized spacial score (nSPS) is 10.9. The van der Waals surface area contributed by atoms with Crippen molar-refractivity contribution in [1.29, 1.82) is 0 Å². The lowest BCUT2D eigenvalue weighted by Crippen LogP contribution is -1.94. The summed E-state index contributed by atoms with van der Waals surface area (Å²) in [7, 11) is 1.65. The van der Waals surface area contributed by atoms with Gasteiger partial charge >= 0.3 is 0 Å². The number of nitrogens with two attached hydrogens (primary N) is 1. The van der Waals surface area contributed by atoms with Crippen molar-refractivity contribution in [3.63, 3.8) is 0 Å². The lowest BCUT2D eigenvalue weighted by molar-refractivity contribution is 0.196. The monoisotopic (exact) mass is 192 g/mol. The molecule has 0 saturated carbocycles. The molecule has 0 amide bonds. The fraction of sp³-hybridized carbons (Fsp3) is 0.300. The van der Waals surface area contributed by atoms with Crippen LogP contribution in [0.15, 0.2) is 22.6 Å². The number of nitrogen functional groups attached to an aromatic ring is 1. The summed E-state index contributed by atoms with van der Waals surface area (Å²) < 4.78 is 10.4. The number of anilines is 1. The van der Waals surface area contributed by atoms with E-state index in [2.05, 4.69) is 4.98 Å². The lowest BCUT2D eigenvalue weighted by Gasteiger charge is -1.91. The molecule has 14 heavy (non-hydrogen) atoms. The highest BCUT2D eigenvalue weighted by Crippen LogP contribution is 2.21. The number of para-hydroxylation sites is 1. The Labute approximate surface area is 81.7 Å². The van der Waals surface area contributed by atoms with Crippen molar-refractivity contribution in [3.8, 4) is 0 Å². The van der Waals surface area contributed by atoms with Gasteiger partial charge in [0, 0.05) is 13.5 Å². The molecule has 1 aromatic heterocycles. The van der Waals surface area contributed by atoms with Crippen LogP contribution in [0.2, 0.25) is 0 Å². The van der Waals surface area contributed by atoms with E-state index in [0.29, 0.717) is 24.6 Å². The van der Waals surface area contributed by atoms with Crippen molar-refractivity contribution in [2.75, 3.05) is 19.5 Å². The van der Waals surface area contributed by atoms with E-state index >= 15 is 0 Å². The third kappa shape index (κ3) is 1.56. The Morgan fingerprint density at radius 2 is 2.36 bits per heavy atom. The summed E-state index contributed by atoms with van der Waals surface area (Å²) in [5, 5.41) is 0. The van der Waals surface area contributed by atoms with Gasteiger partial charge in [0.15, 0.2) is 11.5 Å². The highest BCUT2D eigenvalue weighted by Gasteiger charge is 2.06. The summed E-state index contributed by atoms with van der Waals surface area (Å²) in [6.45, 7) is 0.604. The molecule has 2 aromatic rings. The number of benzene rings is 1. The highest BCUT2D eigenvalue weighted by molar-refractivity contribution is 5.85. The fourth-order valence-electron chi connectivity index (χ4n) is 1.31. The van der Waals surface area contributed by atoms with Gasteiger partial charge < -0.3 is 14.9 Å². The number of hydrogen-bond donors (Lipinski definition) is 1. The standard InChI is InChI=1S/C10H12N2O2/c1-13-6-5-9-12-10-7(11)3-2-4-8(10)14-9/h2-4H,5-6,11H2,1H3. The van der Waals surface area contributed by atoms with Crippen molar-refractivity contribution < 1.29 is 9.15 Å². The first kappa shape index (κ1) is 9.02. The number of hydrogen-bond acceptors (Lipinski definition) is 4. The third-order valence-corrected chi connectivity index (χ3v) is 2.01. The Hall–Kier alpha value is -1.55. The molecule has 2 N–H and O–H groups in total. The molecule has 0 spiro atoms. The van der Waals surface area contributed by atoms with Crippen molar-refractivity contribution in [2.24, 2.45) is 0 Å². The van der Waals surface area contributed by atoms with Gasteiger partial charge in [0.1, 0.15) is 5.52 Å². The zero-order valence-electron chi connectivity index (χ0n) is 7.99. The predicted octanol–water partition coefficient (Wildman–Crippen LogP) is 1.60. The van der Waals surface area contributed by atoms with Crippen LogP contribution < -0.4 is 5.73 Å². The molecule has 0 unspecified atom stereocenters. The minimum Gasteiger partial charge on any atom is -0.441 e. The summed E-state index contributed by atoms with van der Waals surface area (Å²) in [6.07, 6.45) is 0.671. The molecule has 4 nitrogen and oxygen atoms in total. The van der Waals surface area contributed by atoms with Crippen LogP contribution in [-0.4, -0.2) is 18.7 Å². The second-order valence-electron chi connectivity index (χ2n) is 3.04. The van der Waals surface area contributed by atoms with Gasteiger partial charge in [0.05, 0.1) is 12.3 Å². The van der Waals surface area contributed by atoms with Gasteiger partial charge in [-0.1, -0.05) is 6.07 Å². The van der Waals surface area contributed by atoms with E-state index in [-0.39, 0.29) is 0 Å². The molecule has 0 aliphatic rings. The van der Waals surface area contributed by atoms with E-state index < -0.39 is 0 Å². The number of fused-ring (bicyclic) bond motifs is 1. The van der Waals surface area contributed by atoms with Crippen LogP contribution in [0, 0.1) is 0 Å². The van der Waals surface area contributed by atoms with E-state index in [9.17, 15) is 0 Å². The molecule has 1 aromatic carbocycles. The molecule has 0 radical (unpaired) electrons. The maximum absolute atomic E-state index is 5.74. The summed E-state index contributed by atoms with van der Waals surface area (Å²) in [6, 6.07) is 5.52. The van der Waals surface area contributed by atoms with Crippen LogP contribution in [0.3, 0.4) is 0 Å². The average Bonchev–Trinajstić information content (AvgIpc) is 2.59. The molecule has 1 heterocycles. The molecular formula is C10H12N2O2. The summed E-state index contributed by atoms with van der Waals surface area (Å²) in [4.78, 5) is 4.28. The van der Waals surface area contributed by atoms with Crippen LogP contribution in [0.25, 0.3) is 11.1 Å². The number of ether oxygens (including phenoxy) is 1. The van der Waals surface area contributed by atoms with Crippen molar-refractivity contribution in [2.45, 2.75) is 6.42 Å². The van der Waals surface area contributed by atoms with Crippen LogP contribution >= 0.6 is 0 Å². The highest BCUT2D eigenvalue weighted by atomic mass is 16.5. The summed E-state index contributed by atoms with van der Waals surface area (Å²) in [5.74, 6) is 0.666. The molecule has 0 aliphatic carbocycles. The van der Waals surface area contributed by atoms with Crippen LogP contribution in [-0.2, 0) is 11.2 Å². The molecule has 4 heteroatoms. The van der Waals surface area contributed by atoms with Crippen LogP contribution in [0.5, 0.6) is 0 Å². The van der Waals surface area contributed by atoms with E-state index in [1.165, 1.54) is 0 Å². The topological polar surface area (TPSA) is 61.3 Å².